The van der Waals surface area contributed by atoms with E-state index in [1.165, 1.54) is 0 Å². The first-order valence-electron chi connectivity index (χ1n) is 6.87. The van der Waals surface area contributed by atoms with Gasteiger partial charge in [-0.3, -0.25) is 0 Å². The molecule has 0 aromatic heterocycles. The van der Waals surface area contributed by atoms with E-state index in [2.05, 4.69) is 4.72 Å². The molecule has 5 nitrogen and oxygen atoms in total. The summed E-state index contributed by atoms with van der Waals surface area (Å²) in [5.74, 6) is 0. The van der Waals surface area contributed by atoms with Crippen molar-refractivity contribution >= 4 is 10.0 Å². The van der Waals surface area contributed by atoms with Gasteiger partial charge in [0.2, 0.25) is 10.0 Å². The minimum atomic E-state index is -3.53. The topological polar surface area (TPSA) is 81.4 Å². The van der Waals surface area contributed by atoms with Crippen molar-refractivity contribution in [2.24, 2.45) is 5.73 Å². The molecule has 2 rings (SSSR count). The lowest BCUT2D eigenvalue weighted by molar-refractivity contribution is 0.0902. The molecule has 2 atom stereocenters. The lowest BCUT2D eigenvalue weighted by Crippen LogP contribution is -2.40. The van der Waals surface area contributed by atoms with Gasteiger partial charge in [-0.15, -0.1) is 0 Å². The second-order valence-electron chi connectivity index (χ2n) is 5.25. The zero-order chi connectivity index (χ0) is 14.8. The quantitative estimate of drug-likeness (QED) is 0.858. The number of hydrogen-bond donors (Lipinski definition) is 2. The standard InChI is InChI=1S/C14H22N2O3S/c1-10-5-6-13(8-12(10)9-15)20(17,18)16-11(2)14-4-3-7-19-14/h5-6,8,11,14,16H,3-4,7,9,15H2,1-2H3. The summed E-state index contributed by atoms with van der Waals surface area (Å²) in [6.45, 7) is 4.79. The fourth-order valence-electron chi connectivity index (χ4n) is 2.42. The summed E-state index contributed by atoms with van der Waals surface area (Å²) in [6.07, 6.45) is 1.84. The molecule has 6 heteroatoms. The second kappa shape index (κ2) is 6.22. The Morgan fingerprint density at radius 2 is 2.25 bits per heavy atom. The van der Waals surface area contributed by atoms with E-state index in [4.69, 9.17) is 10.5 Å². The summed E-state index contributed by atoms with van der Waals surface area (Å²) in [5.41, 5.74) is 7.47. The molecule has 3 N–H and O–H groups in total. The van der Waals surface area contributed by atoms with E-state index in [1.54, 1.807) is 18.2 Å². The van der Waals surface area contributed by atoms with Crippen LogP contribution in [0.1, 0.15) is 30.9 Å². The monoisotopic (exact) mass is 298 g/mol. The van der Waals surface area contributed by atoms with Crippen molar-refractivity contribution in [3.05, 3.63) is 29.3 Å². The van der Waals surface area contributed by atoms with Crippen LogP contribution in [0.4, 0.5) is 0 Å². The smallest absolute Gasteiger partial charge is 0.240 e. The van der Waals surface area contributed by atoms with Gasteiger partial charge in [-0.25, -0.2) is 13.1 Å². The first-order valence-corrected chi connectivity index (χ1v) is 8.36. The summed E-state index contributed by atoms with van der Waals surface area (Å²) in [4.78, 5) is 0.258. The second-order valence-corrected chi connectivity index (χ2v) is 6.97. The average molecular weight is 298 g/mol. The van der Waals surface area contributed by atoms with Gasteiger partial charge < -0.3 is 10.5 Å². The van der Waals surface area contributed by atoms with E-state index in [1.807, 2.05) is 13.8 Å². The van der Waals surface area contributed by atoms with Crippen molar-refractivity contribution < 1.29 is 13.2 Å². The zero-order valence-corrected chi connectivity index (χ0v) is 12.7. The third-order valence-corrected chi connectivity index (χ3v) is 5.27. The Hall–Kier alpha value is -0.950. The highest BCUT2D eigenvalue weighted by molar-refractivity contribution is 7.89. The molecule has 1 aliphatic rings. The van der Waals surface area contributed by atoms with Crippen LogP contribution in [0, 0.1) is 6.92 Å². The molecule has 1 aromatic rings. The molecule has 0 amide bonds. The highest BCUT2D eigenvalue weighted by atomic mass is 32.2. The summed E-state index contributed by atoms with van der Waals surface area (Å²) >= 11 is 0. The van der Waals surface area contributed by atoms with Crippen molar-refractivity contribution in [1.29, 1.82) is 0 Å². The number of rotatable bonds is 5. The normalized spacial score (nSPS) is 21.1. The fourth-order valence-corrected chi connectivity index (χ4v) is 3.74. The third-order valence-electron chi connectivity index (χ3n) is 3.71. The molecule has 2 unspecified atom stereocenters. The molecule has 1 fully saturated rings. The average Bonchev–Trinajstić information content (AvgIpc) is 2.92. The fraction of sp³-hybridized carbons (Fsp3) is 0.571. The van der Waals surface area contributed by atoms with E-state index in [0.29, 0.717) is 13.2 Å². The molecule has 0 aliphatic carbocycles. The van der Waals surface area contributed by atoms with Gasteiger partial charge in [0.1, 0.15) is 0 Å². The van der Waals surface area contributed by atoms with E-state index < -0.39 is 10.0 Å². The molecular formula is C14H22N2O3S. The molecule has 0 radical (unpaired) electrons. The third kappa shape index (κ3) is 3.38. The number of nitrogens with two attached hydrogens (primary N) is 1. The molecule has 112 valence electrons. The minimum Gasteiger partial charge on any atom is -0.377 e. The summed E-state index contributed by atoms with van der Waals surface area (Å²) in [5, 5.41) is 0. The Kier molecular flexibility index (Phi) is 4.80. The van der Waals surface area contributed by atoms with Crippen molar-refractivity contribution in [3.8, 4) is 0 Å². The Labute approximate surface area is 120 Å². The van der Waals surface area contributed by atoms with Crippen molar-refractivity contribution in [2.75, 3.05) is 6.61 Å². The lowest BCUT2D eigenvalue weighted by Gasteiger charge is -2.20. The van der Waals surface area contributed by atoms with Crippen LogP contribution in [0.2, 0.25) is 0 Å². The molecule has 1 saturated heterocycles. The molecule has 0 saturated carbocycles. The summed E-state index contributed by atoms with van der Waals surface area (Å²) in [6, 6.07) is 4.80. The van der Waals surface area contributed by atoms with E-state index >= 15 is 0 Å². The number of aryl methyl sites for hydroxylation is 1. The van der Waals surface area contributed by atoms with Crippen LogP contribution in [-0.4, -0.2) is 27.2 Å². The van der Waals surface area contributed by atoms with Gasteiger partial charge >= 0.3 is 0 Å². The van der Waals surface area contributed by atoms with Crippen LogP contribution in [0.15, 0.2) is 23.1 Å². The highest BCUT2D eigenvalue weighted by Gasteiger charge is 2.27. The van der Waals surface area contributed by atoms with Crippen LogP contribution in [0.3, 0.4) is 0 Å². The van der Waals surface area contributed by atoms with E-state index in [0.717, 1.165) is 24.0 Å². The Balaban J connectivity index is 2.17. The van der Waals surface area contributed by atoms with Gasteiger partial charge in [-0.2, -0.15) is 0 Å². The SMILES string of the molecule is Cc1ccc(S(=O)(=O)NC(C)C2CCCO2)cc1CN. The number of benzene rings is 1. The maximum atomic E-state index is 12.4. The Morgan fingerprint density at radius 3 is 2.85 bits per heavy atom. The van der Waals surface area contributed by atoms with Crippen LogP contribution >= 0.6 is 0 Å². The Morgan fingerprint density at radius 1 is 1.50 bits per heavy atom. The van der Waals surface area contributed by atoms with E-state index in [-0.39, 0.29) is 17.0 Å². The van der Waals surface area contributed by atoms with Gasteiger partial charge in [-0.05, 0) is 49.9 Å². The molecule has 1 heterocycles. The maximum Gasteiger partial charge on any atom is 0.240 e. The predicted molar refractivity (Wildman–Crippen MR) is 77.8 cm³/mol. The molecule has 1 aromatic carbocycles. The maximum absolute atomic E-state index is 12.4. The largest absolute Gasteiger partial charge is 0.377 e. The number of hydrogen-bond acceptors (Lipinski definition) is 4. The van der Waals surface area contributed by atoms with Gasteiger partial charge in [-0.1, -0.05) is 6.07 Å². The van der Waals surface area contributed by atoms with Crippen LogP contribution < -0.4 is 10.5 Å². The number of ether oxygens (including phenoxy) is 1. The Bertz CT molecular complexity index is 566. The first kappa shape index (κ1) is 15.4. The van der Waals surface area contributed by atoms with Crippen molar-refractivity contribution in [1.82, 2.24) is 4.72 Å². The predicted octanol–water partition coefficient (Wildman–Crippen LogP) is 1.30. The van der Waals surface area contributed by atoms with Gasteiger partial charge in [0.05, 0.1) is 11.0 Å². The van der Waals surface area contributed by atoms with Crippen LogP contribution in [0.5, 0.6) is 0 Å². The van der Waals surface area contributed by atoms with Crippen LogP contribution in [0.25, 0.3) is 0 Å². The lowest BCUT2D eigenvalue weighted by atomic mass is 10.1. The van der Waals surface area contributed by atoms with Gasteiger partial charge in [0.25, 0.3) is 0 Å². The highest BCUT2D eigenvalue weighted by Crippen LogP contribution is 2.19. The zero-order valence-electron chi connectivity index (χ0n) is 11.9. The molecule has 0 bridgehead atoms. The number of sulfonamides is 1. The minimum absolute atomic E-state index is 0.0378. The number of nitrogens with one attached hydrogen (secondary N) is 1. The summed E-state index contributed by atoms with van der Waals surface area (Å²) in [7, 11) is -3.53. The molecule has 0 spiro atoms. The molecular weight excluding hydrogens is 276 g/mol. The molecule has 20 heavy (non-hydrogen) atoms. The van der Waals surface area contributed by atoms with Crippen molar-refractivity contribution in [3.63, 3.8) is 0 Å². The molecule has 1 aliphatic heterocycles. The van der Waals surface area contributed by atoms with E-state index in [9.17, 15) is 8.42 Å². The van der Waals surface area contributed by atoms with Gasteiger partial charge in [0, 0.05) is 19.2 Å². The first-order chi connectivity index (χ1) is 9.44. The van der Waals surface area contributed by atoms with Crippen LogP contribution in [-0.2, 0) is 21.3 Å². The summed E-state index contributed by atoms with van der Waals surface area (Å²) < 4.78 is 32.9. The van der Waals surface area contributed by atoms with Gasteiger partial charge in [0.15, 0.2) is 0 Å². The van der Waals surface area contributed by atoms with Crippen molar-refractivity contribution in [2.45, 2.75) is 50.3 Å².